The Kier molecular flexibility index (Phi) is 4.14. The molecule has 2 aromatic rings. The number of hydrogen-bond acceptors (Lipinski definition) is 3. The minimum absolute atomic E-state index is 0.0723. The van der Waals surface area contributed by atoms with Crippen molar-refractivity contribution < 1.29 is 14.7 Å². The van der Waals surface area contributed by atoms with E-state index >= 15 is 0 Å². The van der Waals surface area contributed by atoms with E-state index in [0.717, 1.165) is 24.0 Å². The molecule has 3 rings (SSSR count). The van der Waals surface area contributed by atoms with Gasteiger partial charge in [-0.3, -0.25) is 9.59 Å². The Labute approximate surface area is 136 Å². The van der Waals surface area contributed by atoms with Crippen molar-refractivity contribution >= 4 is 11.6 Å². The molecule has 0 unspecified atom stereocenters. The Morgan fingerprint density at radius 2 is 1.61 bits per heavy atom. The van der Waals surface area contributed by atoms with Crippen LogP contribution in [0.2, 0.25) is 0 Å². The molecular formula is C20H20O3. The number of carbonyl (C=O) groups is 2. The maximum atomic E-state index is 12.9. The summed E-state index contributed by atoms with van der Waals surface area (Å²) >= 11 is 0. The lowest BCUT2D eigenvalue weighted by molar-refractivity contribution is -0.123. The monoisotopic (exact) mass is 308 g/mol. The zero-order valence-corrected chi connectivity index (χ0v) is 13.2. The van der Waals surface area contributed by atoms with Crippen LogP contribution in [0.25, 0.3) is 11.1 Å². The van der Waals surface area contributed by atoms with Crippen molar-refractivity contribution in [3.8, 4) is 11.1 Å². The minimum Gasteiger partial charge on any atom is -0.376 e. The highest BCUT2D eigenvalue weighted by Gasteiger charge is 2.45. The smallest absolute Gasteiger partial charge is 0.200 e. The first kappa shape index (κ1) is 15.6. The highest BCUT2D eigenvalue weighted by atomic mass is 16.3. The molecule has 23 heavy (non-hydrogen) atoms. The third-order valence-corrected chi connectivity index (χ3v) is 4.47. The summed E-state index contributed by atoms with van der Waals surface area (Å²) in [7, 11) is 0. The molecule has 0 spiro atoms. The zero-order valence-electron chi connectivity index (χ0n) is 13.2. The molecule has 1 aliphatic carbocycles. The van der Waals surface area contributed by atoms with Gasteiger partial charge in [0.1, 0.15) is 5.78 Å². The average Bonchev–Trinajstić information content (AvgIpc) is 2.58. The van der Waals surface area contributed by atoms with Crippen molar-refractivity contribution in [2.24, 2.45) is 0 Å². The van der Waals surface area contributed by atoms with E-state index in [1.807, 2.05) is 31.2 Å². The van der Waals surface area contributed by atoms with E-state index in [0.29, 0.717) is 17.5 Å². The van der Waals surface area contributed by atoms with E-state index in [-0.39, 0.29) is 18.0 Å². The van der Waals surface area contributed by atoms with Gasteiger partial charge in [-0.15, -0.1) is 0 Å². The van der Waals surface area contributed by atoms with E-state index in [1.54, 1.807) is 24.3 Å². The van der Waals surface area contributed by atoms with Crippen molar-refractivity contribution in [2.75, 3.05) is 0 Å². The van der Waals surface area contributed by atoms with Crippen LogP contribution in [0, 0.1) is 0 Å². The van der Waals surface area contributed by atoms with Crippen LogP contribution in [-0.4, -0.2) is 16.7 Å². The highest BCUT2D eigenvalue weighted by molar-refractivity contribution is 6.13. The quantitative estimate of drug-likeness (QED) is 0.911. The van der Waals surface area contributed by atoms with Crippen LogP contribution in [0.1, 0.15) is 48.5 Å². The van der Waals surface area contributed by atoms with E-state index in [9.17, 15) is 14.7 Å². The van der Waals surface area contributed by atoms with Gasteiger partial charge in [-0.25, -0.2) is 0 Å². The molecule has 1 N–H and O–H groups in total. The summed E-state index contributed by atoms with van der Waals surface area (Å²) in [6.45, 7) is 2.01. The Bertz CT molecular complexity index is 763. The highest BCUT2D eigenvalue weighted by Crippen LogP contribution is 2.43. The molecular weight excluding hydrogens is 288 g/mol. The Morgan fingerprint density at radius 1 is 1.00 bits per heavy atom. The van der Waals surface area contributed by atoms with Crippen LogP contribution >= 0.6 is 0 Å². The van der Waals surface area contributed by atoms with Crippen molar-refractivity contribution in [1.82, 2.24) is 0 Å². The third-order valence-electron chi connectivity index (χ3n) is 4.47. The van der Waals surface area contributed by atoms with Gasteiger partial charge in [0.25, 0.3) is 0 Å². The summed E-state index contributed by atoms with van der Waals surface area (Å²) in [4.78, 5) is 25.1. The molecule has 0 heterocycles. The van der Waals surface area contributed by atoms with Gasteiger partial charge in [0, 0.05) is 18.4 Å². The van der Waals surface area contributed by atoms with Gasteiger partial charge >= 0.3 is 0 Å². The van der Waals surface area contributed by atoms with Crippen LogP contribution in [0.5, 0.6) is 0 Å². The Morgan fingerprint density at radius 3 is 2.30 bits per heavy atom. The van der Waals surface area contributed by atoms with Gasteiger partial charge in [0.05, 0.1) is 0 Å². The van der Waals surface area contributed by atoms with Crippen molar-refractivity contribution in [2.45, 2.75) is 38.2 Å². The molecule has 0 aliphatic heterocycles. The summed E-state index contributed by atoms with van der Waals surface area (Å²) in [6.07, 6.45) is 1.94. The standard InChI is InChI=1S/C20H20O3/c1-2-3-8-14(21)13-20(23)18-12-7-6-10-16(18)15-9-4-5-11-17(15)19(20)22/h4-7,9-12,23H,2-3,8,13H2,1H3/t20-/m0/s1. The zero-order chi connectivity index (χ0) is 16.4. The first-order valence-electron chi connectivity index (χ1n) is 8.05. The van der Waals surface area contributed by atoms with Crippen LogP contribution in [0.3, 0.4) is 0 Å². The van der Waals surface area contributed by atoms with Crippen LogP contribution < -0.4 is 0 Å². The van der Waals surface area contributed by atoms with E-state index < -0.39 is 5.60 Å². The molecule has 2 aromatic carbocycles. The lowest BCUT2D eigenvalue weighted by Gasteiger charge is -2.33. The molecule has 1 atom stereocenters. The number of hydrogen-bond donors (Lipinski definition) is 1. The molecule has 0 fully saturated rings. The number of rotatable bonds is 5. The van der Waals surface area contributed by atoms with Crippen molar-refractivity contribution in [3.63, 3.8) is 0 Å². The fraction of sp³-hybridized carbons (Fsp3) is 0.300. The molecule has 0 bridgehead atoms. The number of ketones is 2. The summed E-state index contributed by atoms with van der Waals surface area (Å²) in [5.41, 5.74) is 0.910. The van der Waals surface area contributed by atoms with Gasteiger partial charge in [0.15, 0.2) is 11.4 Å². The number of Topliss-reactive ketones (excluding diaryl/α,β-unsaturated/α-hetero) is 2. The van der Waals surface area contributed by atoms with Gasteiger partial charge in [0.2, 0.25) is 0 Å². The van der Waals surface area contributed by atoms with E-state index in [4.69, 9.17) is 0 Å². The predicted octanol–water partition coefficient (Wildman–Crippen LogP) is 3.89. The summed E-state index contributed by atoms with van der Waals surface area (Å²) in [6, 6.07) is 14.6. The largest absolute Gasteiger partial charge is 0.376 e. The van der Waals surface area contributed by atoms with Gasteiger partial charge in [-0.05, 0) is 23.1 Å². The molecule has 3 nitrogen and oxygen atoms in total. The number of carbonyl (C=O) groups excluding carboxylic acids is 2. The van der Waals surface area contributed by atoms with Gasteiger partial charge in [-0.2, -0.15) is 0 Å². The average molecular weight is 308 g/mol. The van der Waals surface area contributed by atoms with Crippen molar-refractivity contribution in [1.29, 1.82) is 0 Å². The lowest BCUT2D eigenvalue weighted by Crippen LogP contribution is -2.41. The maximum absolute atomic E-state index is 12.9. The Balaban J connectivity index is 2.08. The second kappa shape index (κ2) is 6.09. The molecule has 3 heteroatoms. The van der Waals surface area contributed by atoms with Crippen LogP contribution in [0.4, 0.5) is 0 Å². The first-order valence-corrected chi connectivity index (χ1v) is 8.05. The topological polar surface area (TPSA) is 54.4 Å². The second-order valence-electron chi connectivity index (χ2n) is 6.10. The predicted molar refractivity (Wildman–Crippen MR) is 89.3 cm³/mol. The molecule has 1 aliphatic rings. The molecule has 0 saturated carbocycles. The normalized spacial score (nSPS) is 19.1. The maximum Gasteiger partial charge on any atom is 0.200 e. The minimum atomic E-state index is -1.75. The Hall–Kier alpha value is -2.26. The summed E-state index contributed by atoms with van der Waals surface area (Å²) in [5, 5.41) is 11.1. The summed E-state index contributed by atoms with van der Waals surface area (Å²) in [5.74, 6) is -0.450. The van der Waals surface area contributed by atoms with E-state index in [1.165, 1.54) is 0 Å². The second-order valence-corrected chi connectivity index (χ2v) is 6.10. The first-order chi connectivity index (χ1) is 11.1. The third kappa shape index (κ3) is 2.62. The summed E-state index contributed by atoms with van der Waals surface area (Å²) < 4.78 is 0. The number of benzene rings is 2. The molecule has 0 saturated heterocycles. The van der Waals surface area contributed by atoms with E-state index in [2.05, 4.69) is 0 Å². The molecule has 0 radical (unpaired) electrons. The van der Waals surface area contributed by atoms with Gasteiger partial charge in [-0.1, -0.05) is 61.9 Å². The molecule has 0 amide bonds. The molecule has 0 aromatic heterocycles. The van der Waals surface area contributed by atoms with Crippen LogP contribution in [0.15, 0.2) is 48.5 Å². The number of unbranched alkanes of at least 4 members (excludes halogenated alkanes) is 1. The molecule has 118 valence electrons. The lowest BCUT2D eigenvalue weighted by atomic mass is 9.72. The van der Waals surface area contributed by atoms with Gasteiger partial charge < -0.3 is 5.11 Å². The van der Waals surface area contributed by atoms with Crippen molar-refractivity contribution in [3.05, 3.63) is 59.7 Å². The SMILES string of the molecule is CCCCC(=O)C[C@@]1(O)C(=O)c2ccccc2-c2ccccc21. The fourth-order valence-electron chi connectivity index (χ4n) is 3.26. The van der Waals surface area contributed by atoms with Crippen LogP contribution in [-0.2, 0) is 10.4 Å². The number of fused-ring (bicyclic) bond motifs is 3. The fourth-order valence-corrected chi connectivity index (χ4v) is 3.26. The number of aliphatic hydroxyl groups is 1.